The Morgan fingerprint density at radius 3 is 2.29 bits per heavy atom. The lowest BCUT2D eigenvalue weighted by Gasteiger charge is -1.86. The van der Waals surface area contributed by atoms with Gasteiger partial charge in [-0.25, -0.2) is 0 Å². The van der Waals surface area contributed by atoms with Crippen molar-refractivity contribution < 1.29 is 4.29 Å². The average Bonchev–Trinajstić information content (AvgIpc) is 1.61. The third-order valence-corrected chi connectivity index (χ3v) is 0.729. The maximum absolute atomic E-state index is 4.88. The van der Waals surface area contributed by atoms with Crippen LogP contribution in [0.3, 0.4) is 0 Å². The van der Waals surface area contributed by atoms with E-state index in [-0.39, 0.29) is 23.1 Å². The van der Waals surface area contributed by atoms with Crippen LogP contribution in [0.1, 0.15) is 19.8 Å². The molecule has 3 heteroatoms. The summed E-state index contributed by atoms with van der Waals surface area (Å²) in [5.74, 6) is 0. The molecule has 2 radical (unpaired) electrons. The number of halogens is 1. The zero-order chi connectivity index (χ0) is 4.83. The minimum Gasteiger partial charge on any atom is -0.279 e. The average molecular weight is 133 g/mol. The van der Waals surface area contributed by atoms with Crippen molar-refractivity contribution in [2.45, 2.75) is 19.8 Å². The molecule has 0 saturated carbocycles. The van der Waals surface area contributed by atoms with Gasteiger partial charge in [-0.05, 0) is 6.42 Å². The van der Waals surface area contributed by atoms with E-state index in [1.165, 1.54) is 0 Å². The quantitative estimate of drug-likeness (QED) is 0.419. The third-order valence-electron chi connectivity index (χ3n) is 0.575. The van der Waals surface area contributed by atoms with Crippen molar-refractivity contribution in [2.24, 2.45) is 0 Å². The molecule has 0 aliphatic rings. The molecular weight excluding hydrogens is 124 g/mol. The van der Waals surface area contributed by atoms with Crippen LogP contribution in [0.25, 0.3) is 0 Å². The van der Waals surface area contributed by atoms with Crippen LogP contribution in [0.15, 0.2) is 0 Å². The molecule has 0 aromatic rings. The van der Waals surface area contributed by atoms with Gasteiger partial charge in [-0.1, -0.05) is 13.3 Å². The van der Waals surface area contributed by atoms with Crippen molar-refractivity contribution in [2.75, 3.05) is 6.61 Å². The fraction of sp³-hybridized carbons (Fsp3) is 1.00. The molecule has 0 aliphatic carbocycles. The zero-order valence-electron chi connectivity index (χ0n) is 4.61. The molecule has 0 heterocycles. The molecule has 7 heavy (non-hydrogen) atoms. The van der Waals surface area contributed by atoms with E-state index >= 15 is 0 Å². The van der Waals surface area contributed by atoms with Gasteiger partial charge in [0.05, 0.1) is 18.5 Å². The Hall–Kier alpha value is 1.02. The second-order valence-electron chi connectivity index (χ2n) is 1.17. The van der Waals surface area contributed by atoms with Crippen molar-refractivity contribution in [3.05, 3.63) is 0 Å². The van der Waals surface area contributed by atoms with E-state index in [1.54, 1.807) is 0 Å². The highest BCUT2D eigenvalue weighted by Gasteiger charge is 1.76. The lowest BCUT2D eigenvalue weighted by molar-refractivity contribution is 0.341. The van der Waals surface area contributed by atoms with Crippen LogP contribution in [0.5, 0.6) is 0 Å². The van der Waals surface area contributed by atoms with Crippen molar-refractivity contribution in [3.8, 4) is 0 Å². The Morgan fingerprint density at radius 1 is 1.57 bits per heavy atom. The molecule has 0 unspecified atom stereocenters. The molecule has 0 bridgehead atoms. The van der Waals surface area contributed by atoms with Gasteiger partial charge in [0.1, 0.15) is 0 Å². The third kappa shape index (κ3) is 10.9. The maximum atomic E-state index is 4.88. The van der Waals surface area contributed by atoms with Crippen LogP contribution in [0.2, 0.25) is 0 Å². The number of hydrogen-bond acceptors (Lipinski definition) is 1. The maximum Gasteiger partial charge on any atom is 0.0682 e. The lowest BCUT2D eigenvalue weighted by Crippen LogP contribution is -1.78. The van der Waals surface area contributed by atoms with Gasteiger partial charge in [-0.3, -0.25) is 4.29 Å². The molecular formula is C4H9ClMgO. The molecule has 0 fully saturated rings. The number of rotatable bonds is 3. The van der Waals surface area contributed by atoms with Crippen molar-refractivity contribution in [1.29, 1.82) is 0 Å². The van der Waals surface area contributed by atoms with E-state index in [0.717, 1.165) is 12.8 Å². The fourth-order valence-corrected chi connectivity index (χ4v) is 0.308. The monoisotopic (exact) mass is 132 g/mol. The highest BCUT2D eigenvalue weighted by Crippen LogP contribution is 1.88. The molecule has 0 rings (SSSR count). The van der Waals surface area contributed by atoms with Crippen LogP contribution >= 0.6 is 11.9 Å². The van der Waals surface area contributed by atoms with Crippen LogP contribution in [-0.2, 0) is 4.29 Å². The Morgan fingerprint density at radius 2 is 2.14 bits per heavy atom. The Kier molecular flexibility index (Phi) is 15.7. The summed E-state index contributed by atoms with van der Waals surface area (Å²) in [6.45, 7) is 2.77. The van der Waals surface area contributed by atoms with Gasteiger partial charge in [0, 0.05) is 23.1 Å². The molecule has 0 N–H and O–H groups in total. The summed E-state index contributed by atoms with van der Waals surface area (Å²) in [6, 6.07) is 0. The van der Waals surface area contributed by atoms with Crippen LogP contribution in [0, 0.1) is 0 Å². The second kappa shape index (κ2) is 10.1. The second-order valence-corrected chi connectivity index (χ2v) is 1.39. The molecule has 0 aromatic carbocycles. The summed E-state index contributed by atoms with van der Waals surface area (Å²) < 4.78 is 4.25. The van der Waals surface area contributed by atoms with Gasteiger partial charge in [-0.15, -0.1) is 0 Å². The largest absolute Gasteiger partial charge is 0.279 e. The van der Waals surface area contributed by atoms with Gasteiger partial charge in [-0.2, -0.15) is 0 Å². The summed E-state index contributed by atoms with van der Waals surface area (Å²) in [5.41, 5.74) is 0. The Labute approximate surface area is 65.7 Å². The van der Waals surface area contributed by atoms with E-state index in [2.05, 4.69) is 11.2 Å². The lowest BCUT2D eigenvalue weighted by atomic mass is 10.4. The Balaban J connectivity index is 0. The van der Waals surface area contributed by atoms with Crippen LogP contribution < -0.4 is 0 Å². The van der Waals surface area contributed by atoms with Gasteiger partial charge in [0.25, 0.3) is 0 Å². The summed E-state index contributed by atoms with van der Waals surface area (Å²) in [6.07, 6.45) is 2.20. The van der Waals surface area contributed by atoms with E-state index in [1.807, 2.05) is 0 Å². The normalized spacial score (nSPS) is 7.71. The number of unbranched alkanes of at least 4 members (excludes halogenated alkanes) is 1. The van der Waals surface area contributed by atoms with E-state index in [4.69, 9.17) is 11.9 Å². The number of hydrogen-bond donors (Lipinski definition) is 0. The highest BCUT2D eigenvalue weighted by molar-refractivity contribution is 6.07. The zero-order valence-corrected chi connectivity index (χ0v) is 6.78. The predicted molar refractivity (Wildman–Crippen MR) is 32.5 cm³/mol. The van der Waals surface area contributed by atoms with Gasteiger partial charge < -0.3 is 0 Å². The molecule has 0 spiro atoms. The molecule has 0 amide bonds. The van der Waals surface area contributed by atoms with Crippen molar-refractivity contribution in [1.82, 2.24) is 0 Å². The van der Waals surface area contributed by atoms with E-state index in [9.17, 15) is 0 Å². The van der Waals surface area contributed by atoms with Gasteiger partial charge in [0.2, 0.25) is 0 Å². The molecule has 40 valence electrons. The minimum absolute atomic E-state index is 0. The van der Waals surface area contributed by atoms with Gasteiger partial charge >= 0.3 is 0 Å². The fourth-order valence-electron chi connectivity index (χ4n) is 0.199. The molecule has 1 nitrogen and oxygen atoms in total. The summed E-state index contributed by atoms with van der Waals surface area (Å²) in [4.78, 5) is 0. The molecule has 0 atom stereocenters. The van der Waals surface area contributed by atoms with Crippen molar-refractivity contribution in [3.63, 3.8) is 0 Å². The van der Waals surface area contributed by atoms with E-state index in [0.29, 0.717) is 6.61 Å². The summed E-state index contributed by atoms with van der Waals surface area (Å²) >= 11 is 4.88. The predicted octanol–water partition coefficient (Wildman–Crippen LogP) is 1.58. The molecule has 0 aromatic heterocycles. The first kappa shape index (κ1) is 10.9. The van der Waals surface area contributed by atoms with Crippen LogP contribution in [-0.4, -0.2) is 29.7 Å². The molecule has 0 aliphatic heterocycles. The van der Waals surface area contributed by atoms with Crippen molar-refractivity contribution >= 4 is 34.9 Å². The summed E-state index contributed by atoms with van der Waals surface area (Å²) in [5, 5.41) is 0. The first-order valence-electron chi connectivity index (χ1n) is 2.15. The first-order valence-corrected chi connectivity index (χ1v) is 2.46. The SMILES string of the molecule is CCCCOCl.[Mg]. The smallest absolute Gasteiger partial charge is 0.0682 e. The molecule has 0 saturated heterocycles. The topological polar surface area (TPSA) is 9.23 Å². The van der Waals surface area contributed by atoms with Gasteiger partial charge in [0.15, 0.2) is 0 Å². The standard InChI is InChI=1S/C4H9ClO.Mg/c1-2-3-4-6-5;/h2-4H2,1H3;. The summed E-state index contributed by atoms with van der Waals surface area (Å²) in [7, 11) is 0. The van der Waals surface area contributed by atoms with Crippen LogP contribution in [0.4, 0.5) is 0 Å². The highest BCUT2D eigenvalue weighted by atomic mass is 35.5. The van der Waals surface area contributed by atoms with E-state index < -0.39 is 0 Å². The minimum atomic E-state index is 0. The Bertz CT molecular complexity index is 23.7. The first-order chi connectivity index (χ1) is 2.91.